The van der Waals surface area contributed by atoms with Crippen LogP contribution in [0.4, 0.5) is 0 Å². The Balaban J connectivity index is 2.04. The molecule has 1 aromatic rings. The molecule has 0 aliphatic heterocycles. The van der Waals surface area contributed by atoms with E-state index in [1.54, 1.807) is 17.5 Å². The molecule has 20 heavy (non-hydrogen) atoms. The molecule has 1 saturated carbocycles. The minimum Gasteiger partial charge on any atom is -0.481 e. The highest BCUT2D eigenvalue weighted by Crippen LogP contribution is 2.39. The highest BCUT2D eigenvalue weighted by molar-refractivity contribution is 7.07. The Morgan fingerprint density at radius 1 is 1.45 bits per heavy atom. The first-order valence-corrected chi connectivity index (χ1v) is 7.82. The summed E-state index contributed by atoms with van der Waals surface area (Å²) in [5.74, 6) is -1.49. The minimum absolute atomic E-state index is 0.0682. The Kier molecular flexibility index (Phi) is 4.75. The normalized spacial score (nSPS) is 25.6. The van der Waals surface area contributed by atoms with Crippen molar-refractivity contribution < 1.29 is 14.7 Å². The molecule has 3 unspecified atom stereocenters. The van der Waals surface area contributed by atoms with Gasteiger partial charge in [0.05, 0.1) is 29.6 Å². The van der Waals surface area contributed by atoms with Crippen LogP contribution in [0.25, 0.3) is 0 Å². The Morgan fingerprint density at radius 3 is 2.70 bits per heavy atom. The fraction of sp³-hybridized carbons (Fsp3) is 0.643. The van der Waals surface area contributed by atoms with Crippen LogP contribution < -0.4 is 0 Å². The van der Waals surface area contributed by atoms with E-state index in [-0.39, 0.29) is 11.8 Å². The molecule has 0 spiro atoms. The monoisotopic (exact) mass is 296 g/mol. The summed E-state index contributed by atoms with van der Waals surface area (Å²) in [6, 6.07) is 0. The third-order valence-corrected chi connectivity index (χ3v) is 4.77. The average molecular weight is 296 g/mol. The molecule has 1 amide bonds. The first kappa shape index (κ1) is 15.0. The molecule has 1 fully saturated rings. The topological polar surface area (TPSA) is 70.5 Å². The van der Waals surface area contributed by atoms with E-state index in [2.05, 4.69) is 11.9 Å². The predicted octanol–water partition coefficient (Wildman–Crippen LogP) is 2.24. The van der Waals surface area contributed by atoms with Crippen LogP contribution in [0.15, 0.2) is 10.9 Å². The Hall–Kier alpha value is -1.43. The lowest BCUT2D eigenvalue weighted by molar-refractivity contribution is -0.148. The fourth-order valence-electron chi connectivity index (χ4n) is 2.94. The summed E-state index contributed by atoms with van der Waals surface area (Å²) in [5, 5.41) is 11.2. The summed E-state index contributed by atoms with van der Waals surface area (Å²) in [4.78, 5) is 29.6. The zero-order valence-electron chi connectivity index (χ0n) is 11.8. The molecule has 1 aromatic heterocycles. The summed E-state index contributed by atoms with van der Waals surface area (Å²) in [6.45, 7) is 2.50. The number of aromatic nitrogens is 1. The van der Waals surface area contributed by atoms with Crippen LogP contribution in [0.1, 0.15) is 31.9 Å². The zero-order chi connectivity index (χ0) is 14.7. The molecule has 0 aromatic carbocycles. The van der Waals surface area contributed by atoms with Crippen LogP contribution in [-0.4, -0.2) is 33.9 Å². The SMILES string of the molecule is CCC1CC(C(=O)O)C(C(=O)N(C)Cc2cscn2)C1. The smallest absolute Gasteiger partial charge is 0.307 e. The largest absolute Gasteiger partial charge is 0.481 e. The van der Waals surface area contributed by atoms with Crippen molar-refractivity contribution in [3.05, 3.63) is 16.6 Å². The number of carbonyl (C=O) groups is 2. The molecule has 1 aliphatic rings. The van der Waals surface area contributed by atoms with E-state index >= 15 is 0 Å². The van der Waals surface area contributed by atoms with Crippen molar-refractivity contribution in [1.29, 1.82) is 0 Å². The number of amides is 1. The highest BCUT2D eigenvalue weighted by Gasteiger charge is 2.43. The maximum absolute atomic E-state index is 12.5. The molecule has 1 aliphatic carbocycles. The molecule has 1 N–H and O–H groups in total. The fourth-order valence-corrected chi connectivity index (χ4v) is 3.49. The van der Waals surface area contributed by atoms with Crippen molar-refractivity contribution in [2.24, 2.45) is 17.8 Å². The van der Waals surface area contributed by atoms with Gasteiger partial charge in [-0.3, -0.25) is 9.59 Å². The van der Waals surface area contributed by atoms with E-state index in [0.29, 0.717) is 25.3 Å². The van der Waals surface area contributed by atoms with Gasteiger partial charge in [0, 0.05) is 12.4 Å². The molecular weight excluding hydrogens is 276 g/mol. The van der Waals surface area contributed by atoms with Gasteiger partial charge in [-0.25, -0.2) is 4.98 Å². The third-order valence-electron chi connectivity index (χ3n) is 4.13. The molecule has 0 radical (unpaired) electrons. The lowest BCUT2D eigenvalue weighted by Gasteiger charge is -2.22. The predicted molar refractivity (Wildman–Crippen MR) is 76.2 cm³/mol. The van der Waals surface area contributed by atoms with Gasteiger partial charge in [0.2, 0.25) is 5.91 Å². The number of thiazole rings is 1. The standard InChI is InChI=1S/C14H20N2O3S/c1-3-9-4-11(12(5-9)14(18)19)13(17)16(2)6-10-7-20-8-15-10/h7-9,11-12H,3-6H2,1-2H3,(H,18,19). The van der Waals surface area contributed by atoms with Gasteiger partial charge in [-0.1, -0.05) is 13.3 Å². The molecule has 5 nitrogen and oxygen atoms in total. The van der Waals surface area contributed by atoms with Crippen molar-refractivity contribution in [2.75, 3.05) is 7.05 Å². The van der Waals surface area contributed by atoms with Crippen LogP contribution in [-0.2, 0) is 16.1 Å². The molecule has 0 saturated heterocycles. The Morgan fingerprint density at radius 2 is 2.15 bits per heavy atom. The van der Waals surface area contributed by atoms with E-state index in [0.717, 1.165) is 12.1 Å². The number of carboxylic acids is 1. The van der Waals surface area contributed by atoms with Crippen LogP contribution in [0.3, 0.4) is 0 Å². The zero-order valence-corrected chi connectivity index (χ0v) is 12.6. The van der Waals surface area contributed by atoms with E-state index in [1.807, 2.05) is 5.38 Å². The first-order valence-electron chi connectivity index (χ1n) is 6.87. The number of hydrogen-bond donors (Lipinski definition) is 1. The number of nitrogens with zero attached hydrogens (tertiary/aromatic N) is 2. The number of aliphatic carboxylic acids is 1. The lowest BCUT2D eigenvalue weighted by atomic mass is 9.95. The molecule has 110 valence electrons. The van der Waals surface area contributed by atoms with Crippen LogP contribution in [0.5, 0.6) is 0 Å². The van der Waals surface area contributed by atoms with Gasteiger partial charge < -0.3 is 10.0 Å². The summed E-state index contributed by atoms with van der Waals surface area (Å²) < 4.78 is 0. The Bertz CT molecular complexity index is 475. The van der Waals surface area contributed by atoms with Gasteiger partial charge in [-0.2, -0.15) is 0 Å². The van der Waals surface area contributed by atoms with Crippen molar-refractivity contribution >= 4 is 23.2 Å². The van der Waals surface area contributed by atoms with Gasteiger partial charge >= 0.3 is 5.97 Å². The number of rotatable bonds is 5. The second-order valence-electron chi connectivity index (χ2n) is 5.47. The maximum atomic E-state index is 12.5. The first-order chi connectivity index (χ1) is 9.52. The molecular formula is C14H20N2O3S. The van der Waals surface area contributed by atoms with Gasteiger partial charge in [-0.05, 0) is 18.8 Å². The summed E-state index contributed by atoms with van der Waals surface area (Å²) in [7, 11) is 1.72. The van der Waals surface area contributed by atoms with Crippen molar-refractivity contribution in [3.8, 4) is 0 Å². The van der Waals surface area contributed by atoms with E-state index in [9.17, 15) is 14.7 Å². The number of carboxylic acid groups (broad SMARTS) is 1. The quantitative estimate of drug-likeness (QED) is 0.904. The summed E-state index contributed by atoms with van der Waals surface area (Å²) in [5.41, 5.74) is 2.58. The molecule has 2 rings (SSSR count). The van der Waals surface area contributed by atoms with Crippen LogP contribution in [0, 0.1) is 17.8 Å². The molecule has 0 bridgehead atoms. The molecule has 3 atom stereocenters. The maximum Gasteiger partial charge on any atom is 0.307 e. The van der Waals surface area contributed by atoms with Crippen molar-refractivity contribution in [1.82, 2.24) is 9.88 Å². The molecule has 6 heteroatoms. The van der Waals surface area contributed by atoms with Crippen LogP contribution >= 0.6 is 11.3 Å². The summed E-state index contributed by atoms with van der Waals surface area (Å²) >= 11 is 1.49. The van der Waals surface area contributed by atoms with Gasteiger partial charge in [0.25, 0.3) is 0 Å². The third kappa shape index (κ3) is 3.17. The van der Waals surface area contributed by atoms with E-state index in [4.69, 9.17) is 0 Å². The van der Waals surface area contributed by atoms with E-state index in [1.165, 1.54) is 11.3 Å². The second-order valence-corrected chi connectivity index (χ2v) is 6.19. The molecule has 1 heterocycles. The van der Waals surface area contributed by atoms with Gasteiger partial charge in [0.1, 0.15) is 0 Å². The average Bonchev–Trinajstić information content (AvgIpc) is 3.06. The van der Waals surface area contributed by atoms with Crippen molar-refractivity contribution in [3.63, 3.8) is 0 Å². The van der Waals surface area contributed by atoms with Crippen molar-refractivity contribution in [2.45, 2.75) is 32.7 Å². The minimum atomic E-state index is -0.846. The number of carbonyl (C=O) groups excluding carboxylic acids is 1. The second kappa shape index (κ2) is 6.35. The number of hydrogen-bond acceptors (Lipinski definition) is 4. The summed E-state index contributed by atoms with van der Waals surface area (Å²) in [6.07, 6.45) is 2.24. The Labute approximate surface area is 122 Å². The van der Waals surface area contributed by atoms with Crippen LogP contribution in [0.2, 0.25) is 0 Å². The highest BCUT2D eigenvalue weighted by atomic mass is 32.1. The van der Waals surface area contributed by atoms with Gasteiger partial charge in [0.15, 0.2) is 0 Å². The van der Waals surface area contributed by atoms with E-state index < -0.39 is 11.9 Å². The lowest BCUT2D eigenvalue weighted by Crippen LogP contribution is -2.36. The van der Waals surface area contributed by atoms with Gasteiger partial charge in [-0.15, -0.1) is 11.3 Å².